The van der Waals surface area contributed by atoms with Crippen molar-refractivity contribution in [1.29, 1.82) is 0 Å². The van der Waals surface area contributed by atoms with Gasteiger partial charge in [0, 0.05) is 19.8 Å². The lowest BCUT2D eigenvalue weighted by atomic mass is 10.3. The minimum Gasteiger partial charge on any atom is -0.493 e. The summed E-state index contributed by atoms with van der Waals surface area (Å²) in [6.07, 6.45) is 2.69. The number of rotatable bonds is 4. The van der Waals surface area contributed by atoms with E-state index < -0.39 is 0 Å². The molecule has 1 aromatic rings. The van der Waals surface area contributed by atoms with Gasteiger partial charge in [-0.05, 0) is 43.0 Å². The fourth-order valence-electron chi connectivity index (χ4n) is 1.34. The van der Waals surface area contributed by atoms with Crippen LogP contribution >= 0.6 is 0 Å². The molecule has 0 saturated heterocycles. The predicted octanol–water partition coefficient (Wildman–Crippen LogP) is 2.54. The number of ether oxygens (including phenoxy) is 1. The Morgan fingerprint density at radius 1 is 1.21 bits per heavy atom. The minimum atomic E-state index is 0.823. The van der Waals surface area contributed by atoms with Crippen LogP contribution in [-0.4, -0.2) is 20.7 Å². The molecule has 0 radical (unpaired) electrons. The van der Waals surface area contributed by atoms with Crippen molar-refractivity contribution in [3.8, 4) is 5.75 Å². The molecule has 14 heavy (non-hydrogen) atoms. The lowest BCUT2D eigenvalue weighted by Crippen LogP contribution is -2.08. The molecule has 0 bridgehead atoms. The van der Waals surface area contributed by atoms with Crippen molar-refractivity contribution < 1.29 is 4.74 Å². The highest BCUT2D eigenvalue weighted by Gasteiger charge is 2.21. The Bertz CT molecular complexity index is 288. The fraction of sp³-hybridized carbons (Fsp3) is 0.500. The van der Waals surface area contributed by atoms with Crippen molar-refractivity contribution in [1.82, 2.24) is 0 Å². The molecule has 1 saturated carbocycles. The number of nitrogens with zero attached hydrogens (tertiary/aromatic N) is 1. The highest BCUT2D eigenvalue weighted by Crippen LogP contribution is 2.29. The van der Waals surface area contributed by atoms with E-state index in [9.17, 15) is 0 Å². The Morgan fingerprint density at radius 2 is 1.86 bits per heavy atom. The summed E-state index contributed by atoms with van der Waals surface area (Å²) in [5.41, 5.74) is 1.21. The SMILES string of the molecule is CN(C)c1ccc(OCC2CC2)cc1. The van der Waals surface area contributed by atoms with E-state index in [-0.39, 0.29) is 0 Å². The van der Waals surface area contributed by atoms with Gasteiger partial charge in [-0.1, -0.05) is 0 Å². The molecular formula is C12H17NO. The van der Waals surface area contributed by atoms with Gasteiger partial charge in [0.05, 0.1) is 6.61 Å². The third kappa shape index (κ3) is 2.41. The van der Waals surface area contributed by atoms with Crippen molar-refractivity contribution in [2.24, 2.45) is 5.92 Å². The summed E-state index contributed by atoms with van der Waals surface area (Å²) in [7, 11) is 4.08. The van der Waals surface area contributed by atoms with Crippen molar-refractivity contribution in [3.05, 3.63) is 24.3 Å². The molecule has 1 fully saturated rings. The number of anilines is 1. The van der Waals surface area contributed by atoms with Gasteiger partial charge in [0.2, 0.25) is 0 Å². The summed E-state index contributed by atoms with van der Waals surface area (Å²) in [5, 5.41) is 0. The minimum absolute atomic E-state index is 0.823. The van der Waals surface area contributed by atoms with Gasteiger partial charge in [-0.3, -0.25) is 0 Å². The van der Waals surface area contributed by atoms with Crippen LogP contribution in [0.5, 0.6) is 5.75 Å². The molecule has 1 aliphatic carbocycles. The Labute approximate surface area is 85.5 Å². The number of hydrogen-bond acceptors (Lipinski definition) is 2. The van der Waals surface area contributed by atoms with Gasteiger partial charge in [0.25, 0.3) is 0 Å². The van der Waals surface area contributed by atoms with Gasteiger partial charge in [-0.25, -0.2) is 0 Å². The molecule has 0 unspecified atom stereocenters. The second-order valence-electron chi connectivity index (χ2n) is 4.14. The molecule has 0 amide bonds. The molecule has 0 N–H and O–H groups in total. The van der Waals surface area contributed by atoms with Crippen molar-refractivity contribution in [2.75, 3.05) is 25.6 Å². The summed E-state index contributed by atoms with van der Waals surface area (Å²) >= 11 is 0. The molecule has 0 spiro atoms. The van der Waals surface area contributed by atoms with Crippen molar-refractivity contribution in [3.63, 3.8) is 0 Å². The molecule has 2 nitrogen and oxygen atoms in total. The highest BCUT2D eigenvalue weighted by atomic mass is 16.5. The van der Waals surface area contributed by atoms with Crippen molar-refractivity contribution >= 4 is 5.69 Å². The van der Waals surface area contributed by atoms with Gasteiger partial charge in [0.1, 0.15) is 5.75 Å². The molecule has 0 atom stereocenters. The summed E-state index contributed by atoms with van der Waals surface area (Å²) < 4.78 is 5.65. The molecular weight excluding hydrogens is 174 g/mol. The smallest absolute Gasteiger partial charge is 0.119 e. The van der Waals surface area contributed by atoms with E-state index in [2.05, 4.69) is 17.0 Å². The first-order valence-corrected chi connectivity index (χ1v) is 5.16. The Balaban J connectivity index is 1.91. The quantitative estimate of drug-likeness (QED) is 0.725. The largest absolute Gasteiger partial charge is 0.493 e. The monoisotopic (exact) mass is 191 g/mol. The van der Waals surface area contributed by atoms with Crippen LogP contribution in [-0.2, 0) is 0 Å². The Morgan fingerprint density at radius 3 is 2.36 bits per heavy atom. The topological polar surface area (TPSA) is 12.5 Å². The van der Waals surface area contributed by atoms with Gasteiger partial charge >= 0.3 is 0 Å². The highest BCUT2D eigenvalue weighted by molar-refractivity contribution is 5.47. The van der Waals surface area contributed by atoms with Crippen LogP contribution in [0.25, 0.3) is 0 Å². The second kappa shape index (κ2) is 3.91. The second-order valence-corrected chi connectivity index (χ2v) is 4.14. The van der Waals surface area contributed by atoms with Crippen LogP contribution in [0.4, 0.5) is 5.69 Å². The van der Waals surface area contributed by atoms with Crippen LogP contribution < -0.4 is 9.64 Å². The van der Waals surface area contributed by atoms with Crippen LogP contribution in [0.3, 0.4) is 0 Å². The standard InChI is InChI=1S/C12H17NO/c1-13(2)11-5-7-12(8-6-11)14-9-10-3-4-10/h5-8,10H,3-4,9H2,1-2H3. The molecule has 0 aromatic heterocycles. The molecule has 76 valence electrons. The first-order valence-electron chi connectivity index (χ1n) is 5.16. The van der Waals surface area contributed by atoms with E-state index in [1.165, 1.54) is 18.5 Å². The summed E-state index contributed by atoms with van der Waals surface area (Å²) in [6.45, 7) is 0.890. The van der Waals surface area contributed by atoms with Crippen molar-refractivity contribution in [2.45, 2.75) is 12.8 Å². The van der Waals surface area contributed by atoms with E-state index >= 15 is 0 Å². The van der Waals surface area contributed by atoms with E-state index in [4.69, 9.17) is 4.74 Å². The van der Waals surface area contributed by atoms with Crippen LogP contribution in [0, 0.1) is 5.92 Å². The Kier molecular flexibility index (Phi) is 2.62. The molecule has 1 aromatic carbocycles. The average Bonchev–Trinajstić information content (AvgIpc) is 2.99. The fourth-order valence-corrected chi connectivity index (χ4v) is 1.34. The lowest BCUT2D eigenvalue weighted by Gasteiger charge is -2.12. The Hall–Kier alpha value is -1.18. The van der Waals surface area contributed by atoms with Gasteiger partial charge < -0.3 is 9.64 Å². The first kappa shape index (κ1) is 9.38. The molecule has 2 heteroatoms. The predicted molar refractivity (Wildman–Crippen MR) is 59.0 cm³/mol. The average molecular weight is 191 g/mol. The molecule has 1 aliphatic rings. The van der Waals surface area contributed by atoms with E-state index in [1.54, 1.807) is 0 Å². The molecule has 2 rings (SSSR count). The maximum Gasteiger partial charge on any atom is 0.119 e. The van der Waals surface area contributed by atoms with Crippen LogP contribution in [0.15, 0.2) is 24.3 Å². The normalized spacial score (nSPS) is 15.3. The van der Waals surface area contributed by atoms with Crippen LogP contribution in [0.2, 0.25) is 0 Å². The van der Waals surface area contributed by atoms with E-state index in [0.717, 1.165) is 18.3 Å². The molecule has 0 heterocycles. The zero-order valence-electron chi connectivity index (χ0n) is 8.86. The summed E-state index contributed by atoms with van der Waals surface area (Å²) in [4.78, 5) is 2.09. The zero-order valence-corrected chi connectivity index (χ0v) is 8.86. The third-order valence-electron chi connectivity index (χ3n) is 2.54. The maximum absolute atomic E-state index is 5.65. The first-order chi connectivity index (χ1) is 6.75. The zero-order chi connectivity index (χ0) is 9.97. The van der Waals surface area contributed by atoms with E-state index in [0.29, 0.717) is 0 Å². The summed E-state index contributed by atoms with van der Waals surface area (Å²) in [5.74, 6) is 1.81. The maximum atomic E-state index is 5.65. The van der Waals surface area contributed by atoms with Gasteiger partial charge in [-0.15, -0.1) is 0 Å². The summed E-state index contributed by atoms with van der Waals surface area (Å²) in [6, 6.07) is 8.25. The van der Waals surface area contributed by atoms with Gasteiger partial charge in [0.15, 0.2) is 0 Å². The van der Waals surface area contributed by atoms with E-state index in [1.807, 2.05) is 26.2 Å². The number of benzene rings is 1. The number of hydrogen-bond donors (Lipinski definition) is 0. The van der Waals surface area contributed by atoms with Gasteiger partial charge in [-0.2, -0.15) is 0 Å². The lowest BCUT2D eigenvalue weighted by molar-refractivity contribution is 0.300. The molecule has 0 aliphatic heterocycles. The van der Waals surface area contributed by atoms with Crippen LogP contribution in [0.1, 0.15) is 12.8 Å². The third-order valence-corrected chi connectivity index (χ3v) is 2.54.